The van der Waals surface area contributed by atoms with Crippen LogP contribution in [0.4, 0.5) is 14.5 Å². The Morgan fingerprint density at radius 1 is 0.971 bits per heavy atom. The lowest BCUT2D eigenvalue weighted by Gasteiger charge is -2.09. The van der Waals surface area contributed by atoms with Gasteiger partial charge in [0, 0.05) is 24.2 Å². The second kappa shape index (κ2) is 8.93. The predicted octanol–water partition coefficient (Wildman–Crippen LogP) is 5.43. The van der Waals surface area contributed by atoms with Crippen LogP contribution in [0.1, 0.15) is 19.4 Å². The first-order valence-electron chi connectivity index (χ1n) is 10.7. The summed E-state index contributed by atoms with van der Waals surface area (Å²) in [5, 5.41) is 2.79. The summed E-state index contributed by atoms with van der Waals surface area (Å²) >= 11 is 0. The lowest BCUT2D eigenvalue weighted by molar-refractivity contribution is -0.116. The average Bonchev–Trinajstić information content (AvgIpc) is 3.37. The third-order valence-corrected chi connectivity index (χ3v) is 5.58. The van der Waals surface area contributed by atoms with Crippen LogP contribution < -0.4 is 11.1 Å². The molecule has 0 atom stereocenters. The van der Waals surface area contributed by atoms with Crippen molar-refractivity contribution in [2.45, 2.75) is 25.9 Å². The fourth-order valence-corrected chi connectivity index (χ4v) is 4.00. The van der Waals surface area contributed by atoms with Crippen molar-refractivity contribution in [1.29, 1.82) is 0 Å². The smallest absolute Gasteiger partial charge is 0.408 e. The molecule has 0 fully saturated rings. The topological polar surface area (TPSA) is 82.1 Å². The van der Waals surface area contributed by atoms with Crippen LogP contribution in [0.2, 0.25) is 0 Å². The first-order valence-corrected chi connectivity index (χ1v) is 10.7. The van der Waals surface area contributed by atoms with Crippen LogP contribution in [-0.4, -0.2) is 20.0 Å². The van der Waals surface area contributed by atoms with Crippen LogP contribution >= 0.6 is 0 Å². The standard InChI is InChI=1S/C25H20F2N4O3/c26-24(27)31-19-7-2-1-6-18(19)29-23(31)16-11-13-17(14-12-16)28-22(32)10-5-15-30-20-8-3-4-9-21(20)34-25(30)33/h1-4,6-9,11-14,24H,5,10,15H2,(H,28,32). The zero-order chi connectivity index (χ0) is 23.7. The summed E-state index contributed by atoms with van der Waals surface area (Å²) in [7, 11) is 0. The highest BCUT2D eigenvalue weighted by molar-refractivity contribution is 5.91. The maximum Gasteiger partial charge on any atom is 0.419 e. The number of fused-ring (bicyclic) bond motifs is 2. The summed E-state index contributed by atoms with van der Waals surface area (Å²) in [6, 6.07) is 20.4. The summed E-state index contributed by atoms with van der Waals surface area (Å²) in [5.41, 5.74) is 3.10. The predicted molar refractivity (Wildman–Crippen MR) is 125 cm³/mol. The van der Waals surface area contributed by atoms with Gasteiger partial charge in [-0.15, -0.1) is 0 Å². The molecule has 9 heteroatoms. The Kier molecular flexibility index (Phi) is 5.67. The first kappa shape index (κ1) is 21.6. The van der Waals surface area contributed by atoms with Gasteiger partial charge in [-0.25, -0.2) is 9.78 Å². The number of alkyl halides is 2. The van der Waals surface area contributed by atoms with Crippen molar-refractivity contribution in [3.63, 3.8) is 0 Å². The van der Waals surface area contributed by atoms with Gasteiger partial charge in [0.05, 0.1) is 16.6 Å². The van der Waals surface area contributed by atoms with E-state index in [0.717, 1.165) is 4.57 Å². The molecule has 172 valence electrons. The summed E-state index contributed by atoms with van der Waals surface area (Å²) in [6.07, 6.45) is 0.653. The van der Waals surface area contributed by atoms with Gasteiger partial charge in [0.25, 0.3) is 0 Å². The summed E-state index contributed by atoms with van der Waals surface area (Å²) < 4.78 is 35.0. The van der Waals surface area contributed by atoms with Gasteiger partial charge in [0.15, 0.2) is 5.58 Å². The number of rotatable bonds is 7. The Balaban J connectivity index is 1.24. The molecule has 2 heterocycles. The van der Waals surface area contributed by atoms with E-state index in [1.54, 1.807) is 66.7 Å². The highest BCUT2D eigenvalue weighted by Gasteiger charge is 2.18. The second-order valence-corrected chi connectivity index (χ2v) is 7.79. The fraction of sp³-hybridized carbons (Fsp3) is 0.160. The van der Waals surface area contributed by atoms with E-state index in [1.165, 1.54) is 4.57 Å². The van der Waals surface area contributed by atoms with E-state index in [4.69, 9.17) is 4.42 Å². The lowest BCUT2D eigenvalue weighted by atomic mass is 10.2. The number of hydrogen-bond acceptors (Lipinski definition) is 4. The molecule has 0 aliphatic heterocycles. The van der Waals surface area contributed by atoms with E-state index in [1.807, 2.05) is 6.07 Å². The minimum Gasteiger partial charge on any atom is -0.408 e. The molecule has 3 aromatic carbocycles. The molecular weight excluding hydrogens is 442 g/mol. The molecule has 0 aliphatic carbocycles. The number of aromatic nitrogens is 3. The molecule has 0 radical (unpaired) electrons. The SMILES string of the molecule is O=C(CCCn1c(=O)oc2ccccc21)Nc1ccc(-c2nc3ccccc3n2C(F)F)cc1. The van der Waals surface area contributed by atoms with Gasteiger partial charge >= 0.3 is 12.3 Å². The van der Waals surface area contributed by atoms with E-state index < -0.39 is 12.3 Å². The minimum absolute atomic E-state index is 0.159. The highest BCUT2D eigenvalue weighted by Crippen LogP contribution is 2.30. The van der Waals surface area contributed by atoms with Crippen LogP contribution in [-0.2, 0) is 11.3 Å². The lowest BCUT2D eigenvalue weighted by Crippen LogP contribution is -2.17. The van der Waals surface area contributed by atoms with Crippen molar-refractivity contribution in [2.75, 3.05) is 5.32 Å². The number of oxazole rings is 1. The monoisotopic (exact) mass is 462 g/mol. The molecule has 0 unspecified atom stereocenters. The molecule has 5 rings (SSSR count). The van der Waals surface area contributed by atoms with Crippen LogP contribution in [0.15, 0.2) is 82.0 Å². The largest absolute Gasteiger partial charge is 0.419 e. The number of nitrogens with zero attached hydrogens (tertiary/aromatic N) is 3. The summed E-state index contributed by atoms with van der Waals surface area (Å²) in [5.74, 6) is -0.507. The molecule has 1 N–H and O–H groups in total. The van der Waals surface area contributed by atoms with E-state index in [0.29, 0.717) is 46.3 Å². The zero-order valence-electron chi connectivity index (χ0n) is 17.9. The van der Waals surface area contributed by atoms with Gasteiger partial charge in [-0.3, -0.25) is 13.9 Å². The maximum absolute atomic E-state index is 13.7. The van der Waals surface area contributed by atoms with Crippen molar-refractivity contribution < 1.29 is 18.0 Å². The van der Waals surface area contributed by atoms with E-state index in [9.17, 15) is 18.4 Å². The number of carbonyl (C=O) groups is 1. The van der Waals surface area contributed by atoms with Crippen molar-refractivity contribution in [1.82, 2.24) is 14.1 Å². The van der Waals surface area contributed by atoms with Crippen molar-refractivity contribution in [2.24, 2.45) is 0 Å². The number of anilines is 1. The Labute approximate surface area is 192 Å². The second-order valence-electron chi connectivity index (χ2n) is 7.79. The summed E-state index contributed by atoms with van der Waals surface area (Å²) in [4.78, 5) is 28.7. The van der Waals surface area contributed by atoms with Gasteiger partial charge in [0.2, 0.25) is 5.91 Å². The molecule has 34 heavy (non-hydrogen) atoms. The number of imidazole rings is 1. The molecular formula is C25H20F2N4O3. The summed E-state index contributed by atoms with van der Waals surface area (Å²) in [6.45, 7) is -2.38. The van der Waals surface area contributed by atoms with Crippen LogP contribution in [0, 0.1) is 0 Å². The molecule has 0 saturated heterocycles. The minimum atomic E-state index is -2.73. The van der Waals surface area contributed by atoms with E-state index in [-0.39, 0.29) is 18.2 Å². The normalized spacial score (nSPS) is 11.5. The quantitative estimate of drug-likeness (QED) is 0.350. The number of para-hydroxylation sites is 4. The van der Waals surface area contributed by atoms with Gasteiger partial charge < -0.3 is 9.73 Å². The maximum atomic E-state index is 13.7. The number of nitrogens with one attached hydrogen (secondary N) is 1. The van der Waals surface area contributed by atoms with Crippen molar-refractivity contribution in [3.05, 3.63) is 83.3 Å². The van der Waals surface area contributed by atoms with Crippen LogP contribution in [0.5, 0.6) is 0 Å². The number of benzene rings is 3. The molecule has 0 spiro atoms. The Hall–Kier alpha value is -4.27. The van der Waals surface area contributed by atoms with Crippen LogP contribution in [0.3, 0.4) is 0 Å². The Bertz CT molecular complexity index is 1530. The van der Waals surface area contributed by atoms with Gasteiger partial charge in [-0.2, -0.15) is 8.78 Å². The van der Waals surface area contributed by atoms with Crippen LogP contribution in [0.25, 0.3) is 33.5 Å². The average molecular weight is 462 g/mol. The van der Waals surface area contributed by atoms with Gasteiger partial charge in [0.1, 0.15) is 5.82 Å². The van der Waals surface area contributed by atoms with Gasteiger partial charge in [-0.05, 0) is 55.0 Å². The highest BCUT2D eigenvalue weighted by atomic mass is 19.3. The zero-order valence-corrected chi connectivity index (χ0v) is 17.9. The molecule has 0 aliphatic rings. The van der Waals surface area contributed by atoms with Crippen molar-refractivity contribution >= 4 is 33.7 Å². The molecule has 1 amide bonds. The number of amides is 1. The number of carbonyl (C=O) groups excluding carboxylic acids is 1. The third-order valence-electron chi connectivity index (χ3n) is 5.58. The molecule has 0 saturated carbocycles. The Morgan fingerprint density at radius 2 is 1.68 bits per heavy atom. The molecule has 7 nitrogen and oxygen atoms in total. The number of hydrogen-bond donors (Lipinski definition) is 1. The molecule has 2 aromatic heterocycles. The Morgan fingerprint density at radius 3 is 2.44 bits per heavy atom. The molecule has 5 aromatic rings. The third kappa shape index (κ3) is 4.07. The molecule has 0 bridgehead atoms. The number of aryl methyl sites for hydroxylation is 1. The van der Waals surface area contributed by atoms with E-state index in [2.05, 4.69) is 10.3 Å². The van der Waals surface area contributed by atoms with Crippen molar-refractivity contribution in [3.8, 4) is 11.4 Å². The van der Waals surface area contributed by atoms with E-state index >= 15 is 0 Å². The van der Waals surface area contributed by atoms with Gasteiger partial charge in [-0.1, -0.05) is 24.3 Å². The number of halogens is 2. The fourth-order valence-electron chi connectivity index (χ4n) is 4.00. The first-order chi connectivity index (χ1) is 16.5.